The van der Waals surface area contributed by atoms with E-state index in [1.54, 1.807) is 12.1 Å². The third kappa shape index (κ3) is 2.85. The molecule has 0 atom stereocenters. The number of hydrogen-bond donors (Lipinski definition) is 2. The van der Waals surface area contributed by atoms with Crippen LogP contribution in [-0.2, 0) is 0 Å². The molecule has 0 saturated carbocycles. The van der Waals surface area contributed by atoms with Crippen LogP contribution in [0.5, 0.6) is 0 Å². The van der Waals surface area contributed by atoms with E-state index in [0.29, 0.717) is 12.1 Å². The molecular weight excluding hydrogens is 257 g/mol. The van der Waals surface area contributed by atoms with Gasteiger partial charge in [-0.1, -0.05) is 30.3 Å². The molecule has 3 rings (SSSR count). The van der Waals surface area contributed by atoms with Crippen LogP contribution >= 0.6 is 0 Å². The number of nitrogen functional groups attached to an aromatic ring is 1. The molecule has 2 heterocycles. The minimum absolute atomic E-state index is 0.0690. The molecule has 3 N–H and O–H groups in total. The van der Waals surface area contributed by atoms with Gasteiger partial charge in [0.2, 0.25) is 5.95 Å². The zero-order chi connectivity index (χ0) is 13.9. The summed E-state index contributed by atoms with van der Waals surface area (Å²) in [5, 5.41) is 2.99. The standard InChI is InChI=1S/C14H16FN5/c15-11-12(10-4-2-1-3-5-10)18-14(16)19-13(11)17-6-7-20-8-9-20/h1-5H,6-9H2,(H3,16,17,18,19). The lowest BCUT2D eigenvalue weighted by atomic mass is 10.1. The van der Waals surface area contributed by atoms with Crippen molar-refractivity contribution in [2.24, 2.45) is 0 Å². The molecule has 1 aromatic heterocycles. The maximum atomic E-state index is 14.4. The highest BCUT2D eigenvalue weighted by molar-refractivity contribution is 5.65. The highest BCUT2D eigenvalue weighted by Gasteiger charge is 2.18. The molecule has 0 bridgehead atoms. The summed E-state index contributed by atoms with van der Waals surface area (Å²) in [6.45, 7) is 3.75. The lowest BCUT2D eigenvalue weighted by molar-refractivity contribution is 0.574. The fourth-order valence-corrected chi connectivity index (χ4v) is 2.00. The van der Waals surface area contributed by atoms with Gasteiger partial charge in [0, 0.05) is 31.7 Å². The second-order valence-corrected chi connectivity index (χ2v) is 4.73. The molecule has 5 nitrogen and oxygen atoms in total. The Morgan fingerprint density at radius 1 is 1.20 bits per heavy atom. The largest absolute Gasteiger partial charge is 0.368 e. The highest BCUT2D eigenvalue weighted by atomic mass is 19.1. The molecule has 0 amide bonds. The lowest BCUT2D eigenvalue weighted by Gasteiger charge is -2.10. The van der Waals surface area contributed by atoms with E-state index in [9.17, 15) is 4.39 Å². The topological polar surface area (TPSA) is 66.8 Å². The molecule has 0 spiro atoms. The van der Waals surface area contributed by atoms with Gasteiger partial charge in [-0.3, -0.25) is 4.90 Å². The SMILES string of the molecule is Nc1nc(NCCN2CC2)c(F)c(-c2ccccc2)n1. The Morgan fingerprint density at radius 3 is 2.65 bits per heavy atom. The van der Waals surface area contributed by atoms with Crippen molar-refractivity contribution in [3.05, 3.63) is 36.1 Å². The van der Waals surface area contributed by atoms with E-state index in [1.807, 2.05) is 18.2 Å². The summed E-state index contributed by atoms with van der Waals surface area (Å²) in [6.07, 6.45) is 0. The number of aromatic nitrogens is 2. The van der Waals surface area contributed by atoms with Gasteiger partial charge in [0.1, 0.15) is 5.69 Å². The van der Waals surface area contributed by atoms with Crippen LogP contribution in [0.4, 0.5) is 16.2 Å². The van der Waals surface area contributed by atoms with Gasteiger partial charge in [0.05, 0.1) is 0 Å². The van der Waals surface area contributed by atoms with Gasteiger partial charge in [-0.15, -0.1) is 0 Å². The normalized spacial score (nSPS) is 14.2. The molecule has 2 aromatic rings. The van der Waals surface area contributed by atoms with Crippen molar-refractivity contribution in [2.75, 3.05) is 37.2 Å². The first-order valence-electron chi connectivity index (χ1n) is 6.59. The summed E-state index contributed by atoms with van der Waals surface area (Å²) in [6, 6.07) is 9.13. The Balaban J connectivity index is 1.84. The van der Waals surface area contributed by atoms with E-state index >= 15 is 0 Å². The first-order valence-corrected chi connectivity index (χ1v) is 6.59. The monoisotopic (exact) mass is 273 g/mol. The highest BCUT2D eigenvalue weighted by Crippen LogP contribution is 2.25. The van der Waals surface area contributed by atoms with E-state index in [2.05, 4.69) is 20.2 Å². The van der Waals surface area contributed by atoms with Gasteiger partial charge < -0.3 is 11.1 Å². The van der Waals surface area contributed by atoms with Crippen LogP contribution in [0.3, 0.4) is 0 Å². The van der Waals surface area contributed by atoms with Crippen LogP contribution < -0.4 is 11.1 Å². The molecule has 1 aliphatic heterocycles. The summed E-state index contributed by atoms with van der Waals surface area (Å²) in [5.74, 6) is -0.228. The molecule has 0 radical (unpaired) electrons. The van der Waals surface area contributed by atoms with Gasteiger partial charge in [0.15, 0.2) is 11.6 Å². The summed E-state index contributed by atoms with van der Waals surface area (Å²) < 4.78 is 14.4. The zero-order valence-electron chi connectivity index (χ0n) is 11.0. The van der Waals surface area contributed by atoms with Crippen LogP contribution in [0.2, 0.25) is 0 Å². The Hall–Kier alpha value is -2.21. The number of nitrogens with two attached hydrogens (primary N) is 1. The van der Waals surface area contributed by atoms with Crippen LogP contribution in [0.1, 0.15) is 0 Å². The quantitative estimate of drug-likeness (QED) is 0.810. The molecule has 104 valence electrons. The molecule has 1 fully saturated rings. The fourth-order valence-electron chi connectivity index (χ4n) is 2.00. The van der Waals surface area contributed by atoms with Crippen molar-refractivity contribution in [3.63, 3.8) is 0 Å². The molecule has 20 heavy (non-hydrogen) atoms. The number of anilines is 2. The van der Waals surface area contributed by atoms with E-state index in [4.69, 9.17) is 5.73 Å². The van der Waals surface area contributed by atoms with Gasteiger partial charge in [0.25, 0.3) is 0 Å². The average Bonchev–Trinajstić information content (AvgIpc) is 3.27. The summed E-state index contributed by atoms with van der Waals surface area (Å²) in [4.78, 5) is 10.2. The molecule has 0 aliphatic carbocycles. The van der Waals surface area contributed by atoms with Crippen molar-refractivity contribution in [2.45, 2.75) is 0 Å². The number of rotatable bonds is 5. The first-order chi connectivity index (χ1) is 9.74. The average molecular weight is 273 g/mol. The lowest BCUT2D eigenvalue weighted by Crippen LogP contribution is -2.16. The second kappa shape index (κ2) is 5.42. The number of hydrogen-bond acceptors (Lipinski definition) is 5. The van der Waals surface area contributed by atoms with Crippen molar-refractivity contribution in [1.82, 2.24) is 14.9 Å². The summed E-state index contributed by atoms with van der Waals surface area (Å²) in [7, 11) is 0. The summed E-state index contributed by atoms with van der Waals surface area (Å²) in [5.41, 5.74) is 6.59. The van der Waals surface area contributed by atoms with E-state index < -0.39 is 5.82 Å². The predicted molar refractivity (Wildman–Crippen MR) is 76.8 cm³/mol. The van der Waals surface area contributed by atoms with E-state index in [0.717, 1.165) is 19.6 Å². The number of nitrogens with zero attached hydrogens (tertiary/aromatic N) is 3. The second-order valence-electron chi connectivity index (χ2n) is 4.73. The molecule has 0 unspecified atom stereocenters. The van der Waals surface area contributed by atoms with Crippen LogP contribution in [0.25, 0.3) is 11.3 Å². The zero-order valence-corrected chi connectivity index (χ0v) is 11.0. The number of nitrogens with one attached hydrogen (secondary N) is 1. The van der Waals surface area contributed by atoms with Crippen molar-refractivity contribution < 1.29 is 4.39 Å². The third-order valence-electron chi connectivity index (χ3n) is 3.18. The smallest absolute Gasteiger partial charge is 0.222 e. The molecule has 6 heteroatoms. The van der Waals surface area contributed by atoms with Gasteiger partial charge in [-0.05, 0) is 0 Å². The number of benzene rings is 1. The molecule has 1 aromatic carbocycles. The Morgan fingerprint density at radius 2 is 1.95 bits per heavy atom. The van der Waals surface area contributed by atoms with Gasteiger partial charge in [-0.2, -0.15) is 4.98 Å². The van der Waals surface area contributed by atoms with E-state index in [-0.39, 0.29) is 17.5 Å². The van der Waals surface area contributed by atoms with Gasteiger partial charge in [-0.25, -0.2) is 9.37 Å². The Kier molecular flexibility index (Phi) is 3.47. The van der Waals surface area contributed by atoms with Crippen LogP contribution in [0.15, 0.2) is 30.3 Å². The fraction of sp³-hybridized carbons (Fsp3) is 0.286. The van der Waals surface area contributed by atoms with Crippen molar-refractivity contribution >= 4 is 11.8 Å². The molecule has 1 aliphatic rings. The minimum Gasteiger partial charge on any atom is -0.368 e. The third-order valence-corrected chi connectivity index (χ3v) is 3.18. The van der Waals surface area contributed by atoms with Crippen LogP contribution in [-0.4, -0.2) is 41.0 Å². The van der Waals surface area contributed by atoms with Gasteiger partial charge >= 0.3 is 0 Å². The van der Waals surface area contributed by atoms with E-state index in [1.165, 1.54) is 0 Å². The first kappa shape index (κ1) is 12.8. The Bertz CT molecular complexity index is 598. The predicted octanol–water partition coefficient (Wildman–Crippen LogP) is 1.59. The maximum Gasteiger partial charge on any atom is 0.222 e. The van der Waals surface area contributed by atoms with Crippen molar-refractivity contribution in [3.8, 4) is 11.3 Å². The maximum absolute atomic E-state index is 14.4. The molecular formula is C14H16FN5. The van der Waals surface area contributed by atoms with Crippen molar-refractivity contribution in [1.29, 1.82) is 0 Å². The Labute approximate surface area is 116 Å². The van der Waals surface area contributed by atoms with Crippen LogP contribution in [0, 0.1) is 5.82 Å². The summed E-state index contributed by atoms with van der Waals surface area (Å²) >= 11 is 0. The minimum atomic E-state index is -0.462. The number of halogens is 1. The molecule has 1 saturated heterocycles.